The molecule has 0 aliphatic heterocycles. The maximum Gasteiger partial charge on any atom is 0.235 e. The van der Waals surface area contributed by atoms with E-state index in [-0.39, 0.29) is 5.91 Å². The third-order valence-corrected chi connectivity index (χ3v) is 4.82. The first-order chi connectivity index (χ1) is 8.99. The lowest BCUT2D eigenvalue weighted by Gasteiger charge is -2.37. The monoisotopic (exact) mass is 284 g/mol. The summed E-state index contributed by atoms with van der Waals surface area (Å²) in [6, 6.07) is 0.384. The number of nitrogens with zero attached hydrogens (tertiary/aromatic N) is 1. The summed E-state index contributed by atoms with van der Waals surface area (Å²) in [7, 11) is 1.93. The van der Waals surface area contributed by atoms with E-state index in [0.29, 0.717) is 11.0 Å². The minimum atomic E-state index is -0.615. The Bertz CT molecular complexity index is 318. The Morgan fingerprint density at radius 2 is 1.74 bits per heavy atom. The van der Waals surface area contributed by atoms with E-state index in [0.717, 1.165) is 38.5 Å². The lowest BCUT2D eigenvalue weighted by Crippen LogP contribution is -2.51. The van der Waals surface area contributed by atoms with Crippen LogP contribution in [0.25, 0.3) is 0 Å². The second-order valence-corrected chi connectivity index (χ2v) is 6.24. The van der Waals surface area contributed by atoms with Gasteiger partial charge in [-0.2, -0.15) is 0 Å². The van der Waals surface area contributed by atoms with Crippen LogP contribution in [-0.2, 0) is 4.79 Å². The maximum atomic E-state index is 12.9. The first-order valence-corrected chi connectivity index (χ1v) is 7.97. The van der Waals surface area contributed by atoms with Crippen molar-refractivity contribution in [3.8, 4) is 0 Å². The Kier molecular flexibility index (Phi) is 6.24. The van der Waals surface area contributed by atoms with Crippen molar-refractivity contribution in [2.75, 3.05) is 7.05 Å². The molecule has 110 valence electrons. The van der Waals surface area contributed by atoms with E-state index in [1.807, 2.05) is 11.9 Å². The Hall–Kier alpha value is -0.640. The molecule has 1 saturated carbocycles. The summed E-state index contributed by atoms with van der Waals surface area (Å²) in [6.07, 6.45) is 8.09. The third-order valence-electron chi connectivity index (χ3n) is 4.43. The molecule has 0 aromatic heterocycles. The summed E-state index contributed by atoms with van der Waals surface area (Å²) in [5.74, 6) is 0.149. The molecule has 1 rings (SSSR count). The van der Waals surface area contributed by atoms with Crippen LogP contribution in [0.3, 0.4) is 0 Å². The topological polar surface area (TPSA) is 46.3 Å². The van der Waals surface area contributed by atoms with Gasteiger partial charge in [0.25, 0.3) is 0 Å². The molecule has 1 amide bonds. The van der Waals surface area contributed by atoms with Crippen molar-refractivity contribution in [1.82, 2.24) is 4.90 Å². The van der Waals surface area contributed by atoms with Crippen molar-refractivity contribution in [2.45, 2.75) is 71.3 Å². The van der Waals surface area contributed by atoms with Gasteiger partial charge in [-0.05, 0) is 25.7 Å². The van der Waals surface area contributed by atoms with Gasteiger partial charge in [-0.15, -0.1) is 0 Å². The molecular weight excluding hydrogens is 256 g/mol. The average Bonchev–Trinajstić information content (AvgIpc) is 2.90. The minimum absolute atomic E-state index is 0.149. The van der Waals surface area contributed by atoms with Crippen LogP contribution >= 0.6 is 12.2 Å². The van der Waals surface area contributed by atoms with Gasteiger partial charge in [0.15, 0.2) is 0 Å². The van der Waals surface area contributed by atoms with Gasteiger partial charge in [-0.1, -0.05) is 51.7 Å². The van der Waals surface area contributed by atoms with Crippen LogP contribution in [-0.4, -0.2) is 28.9 Å². The van der Waals surface area contributed by atoms with E-state index < -0.39 is 5.41 Å². The molecule has 19 heavy (non-hydrogen) atoms. The van der Waals surface area contributed by atoms with E-state index in [2.05, 4.69) is 13.8 Å². The zero-order chi connectivity index (χ0) is 14.5. The molecular formula is C15H28N2OS. The highest BCUT2D eigenvalue weighted by Gasteiger charge is 2.43. The molecule has 0 aromatic rings. The Morgan fingerprint density at radius 3 is 2.11 bits per heavy atom. The summed E-state index contributed by atoms with van der Waals surface area (Å²) in [4.78, 5) is 15.2. The molecule has 0 unspecified atom stereocenters. The molecule has 0 heterocycles. The van der Waals surface area contributed by atoms with Crippen molar-refractivity contribution in [3.05, 3.63) is 0 Å². The molecule has 0 radical (unpaired) electrons. The normalized spacial score (nSPS) is 16.6. The molecule has 0 aromatic carbocycles. The van der Waals surface area contributed by atoms with Crippen LogP contribution in [0.2, 0.25) is 0 Å². The first-order valence-electron chi connectivity index (χ1n) is 7.56. The summed E-state index contributed by atoms with van der Waals surface area (Å²) >= 11 is 5.26. The second-order valence-electron chi connectivity index (χ2n) is 5.80. The zero-order valence-corrected chi connectivity index (χ0v) is 13.4. The van der Waals surface area contributed by atoms with Crippen LogP contribution in [0.5, 0.6) is 0 Å². The van der Waals surface area contributed by atoms with E-state index in [1.54, 1.807) is 0 Å². The van der Waals surface area contributed by atoms with Gasteiger partial charge in [0.05, 0.1) is 10.4 Å². The average molecular weight is 284 g/mol. The molecule has 4 heteroatoms. The first kappa shape index (κ1) is 16.4. The fourth-order valence-corrected chi connectivity index (χ4v) is 3.63. The smallest absolute Gasteiger partial charge is 0.235 e. The Morgan fingerprint density at radius 1 is 1.26 bits per heavy atom. The van der Waals surface area contributed by atoms with Crippen molar-refractivity contribution in [3.63, 3.8) is 0 Å². The molecule has 0 bridgehead atoms. The quantitative estimate of drug-likeness (QED) is 0.730. The number of rotatable bonds is 7. The third kappa shape index (κ3) is 3.47. The predicted molar refractivity (Wildman–Crippen MR) is 84.1 cm³/mol. The number of amides is 1. The van der Waals surface area contributed by atoms with Crippen LogP contribution < -0.4 is 5.73 Å². The van der Waals surface area contributed by atoms with E-state index in [9.17, 15) is 4.79 Å². The molecule has 0 spiro atoms. The molecule has 0 saturated heterocycles. The number of carbonyl (C=O) groups excluding carboxylic acids is 1. The highest BCUT2D eigenvalue weighted by atomic mass is 32.1. The van der Waals surface area contributed by atoms with Crippen molar-refractivity contribution in [1.29, 1.82) is 0 Å². The molecule has 1 fully saturated rings. The van der Waals surface area contributed by atoms with Crippen molar-refractivity contribution >= 4 is 23.1 Å². The summed E-state index contributed by atoms with van der Waals surface area (Å²) < 4.78 is 0. The lowest BCUT2D eigenvalue weighted by atomic mass is 9.77. The zero-order valence-electron chi connectivity index (χ0n) is 12.6. The van der Waals surface area contributed by atoms with Gasteiger partial charge in [0.2, 0.25) is 5.91 Å². The van der Waals surface area contributed by atoms with Gasteiger partial charge >= 0.3 is 0 Å². The number of thiocarbonyl (C=S) groups is 1. The lowest BCUT2D eigenvalue weighted by molar-refractivity contribution is -0.139. The second kappa shape index (κ2) is 7.22. The number of nitrogens with two attached hydrogens (primary N) is 1. The molecule has 3 nitrogen and oxygen atoms in total. The molecule has 2 N–H and O–H groups in total. The predicted octanol–water partition coefficient (Wildman–Crippen LogP) is 3.26. The van der Waals surface area contributed by atoms with Crippen molar-refractivity contribution < 1.29 is 4.79 Å². The fourth-order valence-electron chi connectivity index (χ4n) is 3.34. The van der Waals surface area contributed by atoms with Gasteiger partial charge in [-0.25, -0.2) is 0 Å². The van der Waals surface area contributed by atoms with Gasteiger partial charge in [0.1, 0.15) is 0 Å². The van der Waals surface area contributed by atoms with Crippen LogP contribution in [0.4, 0.5) is 0 Å². The number of hydrogen-bond acceptors (Lipinski definition) is 2. The fraction of sp³-hybridized carbons (Fsp3) is 0.867. The molecule has 1 aliphatic rings. The summed E-state index contributed by atoms with van der Waals surface area (Å²) in [5.41, 5.74) is 5.35. The van der Waals surface area contributed by atoms with Gasteiger partial charge < -0.3 is 10.6 Å². The van der Waals surface area contributed by atoms with E-state index in [4.69, 9.17) is 18.0 Å². The minimum Gasteiger partial charge on any atom is -0.392 e. The summed E-state index contributed by atoms with van der Waals surface area (Å²) in [5, 5.41) is 0. The van der Waals surface area contributed by atoms with Crippen molar-refractivity contribution in [2.24, 2.45) is 11.1 Å². The van der Waals surface area contributed by atoms with Crippen LogP contribution in [0.1, 0.15) is 65.2 Å². The highest BCUT2D eigenvalue weighted by Crippen LogP contribution is 2.35. The molecule has 1 aliphatic carbocycles. The standard InChI is InChI=1S/C15H28N2OS/c1-4-10-15(11-5-2,13(16)19)14(18)17(3)12-8-6-7-9-12/h12H,4-11H2,1-3H3,(H2,16,19). The Labute approximate surface area is 122 Å². The van der Waals surface area contributed by atoms with E-state index in [1.165, 1.54) is 12.8 Å². The van der Waals surface area contributed by atoms with Gasteiger partial charge in [0, 0.05) is 13.1 Å². The SMILES string of the molecule is CCCC(CCC)(C(=O)N(C)C1CCCC1)C(N)=S. The maximum absolute atomic E-state index is 12.9. The van der Waals surface area contributed by atoms with Crippen LogP contribution in [0, 0.1) is 5.41 Å². The number of carbonyl (C=O) groups is 1. The van der Waals surface area contributed by atoms with Gasteiger partial charge in [-0.3, -0.25) is 4.79 Å². The van der Waals surface area contributed by atoms with E-state index >= 15 is 0 Å². The Balaban J connectivity index is 2.94. The largest absolute Gasteiger partial charge is 0.392 e. The molecule has 0 atom stereocenters. The van der Waals surface area contributed by atoms with Crippen LogP contribution in [0.15, 0.2) is 0 Å². The number of hydrogen-bond donors (Lipinski definition) is 1. The highest BCUT2D eigenvalue weighted by molar-refractivity contribution is 7.80. The summed E-state index contributed by atoms with van der Waals surface area (Å²) in [6.45, 7) is 4.18.